The molecule has 0 radical (unpaired) electrons. The number of nitrogens with zero attached hydrogens (tertiary/aromatic N) is 4. The van der Waals surface area contributed by atoms with Crippen LogP contribution in [0.5, 0.6) is 0 Å². The van der Waals surface area contributed by atoms with Gasteiger partial charge in [-0.3, -0.25) is 0 Å². The van der Waals surface area contributed by atoms with Gasteiger partial charge in [-0.2, -0.15) is 0 Å². The average Bonchev–Trinajstić information content (AvgIpc) is 4.32. The fraction of sp³-hybridized carbons (Fsp3) is 0.217. The Kier molecular flexibility index (Phi) is 15.6. The molecular formula is C69H64F2N4O2. The third kappa shape index (κ3) is 10.7. The van der Waals surface area contributed by atoms with E-state index in [9.17, 15) is 13.9 Å². The summed E-state index contributed by atoms with van der Waals surface area (Å²) in [6.45, 7) is 0. The van der Waals surface area contributed by atoms with Gasteiger partial charge in [0.15, 0.2) is 0 Å². The van der Waals surface area contributed by atoms with Crippen molar-refractivity contribution >= 4 is 0 Å². The van der Waals surface area contributed by atoms with Gasteiger partial charge in [-0.1, -0.05) is 206 Å². The van der Waals surface area contributed by atoms with Gasteiger partial charge in [0.25, 0.3) is 0 Å². The Balaban J connectivity index is 0.000000177. The van der Waals surface area contributed by atoms with Crippen molar-refractivity contribution in [3.63, 3.8) is 0 Å². The van der Waals surface area contributed by atoms with Crippen LogP contribution < -0.4 is 0 Å². The van der Waals surface area contributed by atoms with Crippen LogP contribution in [-0.2, 0) is 15.8 Å². The Hall–Kier alpha value is -8.04. The molecule has 2 saturated carbocycles. The maximum Gasteiger partial charge on any atom is 0.123 e. The predicted molar refractivity (Wildman–Crippen MR) is 302 cm³/mol. The zero-order valence-electron chi connectivity index (χ0n) is 43.2. The lowest BCUT2D eigenvalue weighted by molar-refractivity contribution is -0.0149. The van der Waals surface area contributed by atoms with Gasteiger partial charge in [0, 0.05) is 24.2 Å². The third-order valence-corrected chi connectivity index (χ3v) is 16.0. The molecule has 8 aromatic carbocycles. The number of aliphatic hydroxyl groups is 1. The Morgan fingerprint density at radius 2 is 0.675 bits per heavy atom. The zero-order valence-corrected chi connectivity index (χ0v) is 43.2. The molecule has 77 heavy (non-hydrogen) atoms. The second kappa shape index (κ2) is 23.5. The van der Waals surface area contributed by atoms with E-state index < -0.39 is 17.2 Å². The summed E-state index contributed by atoms with van der Waals surface area (Å²) in [7, 11) is 0. The van der Waals surface area contributed by atoms with Crippen LogP contribution in [0.15, 0.2) is 256 Å². The summed E-state index contributed by atoms with van der Waals surface area (Å²) in [5.41, 5.74) is 9.93. The van der Waals surface area contributed by atoms with E-state index >= 15 is 0 Å². The summed E-state index contributed by atoms with van der Waals surface area (Å²) < 4.78 is 38.7. The molecule has 10 aromatic rings. The van der Waals surface area contributed by atoms with Crippen LogP contribution in [-0.4, -0.2) is 36.4 Å². The summed E-state index contributed by atoms with van der Waals surface area (Å²) in [6.07, 6.45) is 15.3. The van der Waals surface area contributed by atoms with Crippen LogP contribution in [0.4, 0.5) is 8.78 Å². The van der Waals surface area contributed by atoms with Crippen molar-refractivity contribution in [3.05, 3.63) is 323 Å². The third-order valence-electron chi connectivity index (χ3n) is 16.0. The lowest BCUT2D eigenvalue weighted by atomic mass is 9.76. The molecule has 1 N–H and O–H groups in total. The molecule has 0 spiro atoms. The van der Waals surface area contributed by atoms with Gasteiger partial charge in [-0.15, -0.1) is 0 Å². The van der Waals surface area contributed by atoms with Crippen molar-refractivity contribution in [2.45, 2.75) is 92.6 Å². The van der Waals surface area contributed by atoms with Crippen molar-refractivity contribution in [3.8, 4) is 0 Å². The number of aliphatic hydroxyl groups excluding tert-OH is 1. The summed E-state index contributed by atoms with van der Waals surface area (Å²) in [6, 6.07) is 76.8. The van der Waals surface area contributed by atoms with Gasteiger partial charge >= 0.3 is 0 Å². The van der Waals surface area contributed by atoms with Crippen LogP contribution in [0.25, 0.3) is 0 Å². The van der Waals surface area contributed by atoms with Gasteiger partial charge < -0.3 is 19.0 Å². The Labute approximate surface area is 451 Å². The van der Waals surface area contributed by atoms with Gasteiger partial charge in [-0.25, -0.2) is 18.7 Å². The van der Waals surface area contributed by atoms with Crippen molar-refractivity contribution in [1.29, 1.82) is 0 Å². The Bertz CT molecular complexity index is 3140. The molecule has 8 heteroatoms. The van der Waals surface area contributed by atoms with Gasteiger partial charge in [0.05, 0.1) is 36.3 Å². The van der Waals surface area contributed by atoms with Crippen LogP contribution >= 0.6 is 0 Å². The fourth-order valence-electron chi connectivity index (χ4n) is 12.1. The summed E-state index contributed by atoms with van der Waals surface area (Å²) in [5.74, 6) is 0.121. The first kappa shape index (κ1) is 51.1. The highest BCUT2D eigenvalue weighted by molar-refractivity contribution is 5.52. The number of hydrogen-bond acceptors (Lipinski definition) is 4. The first-order valence-electron chi connectivity index (χ1n) is 27.2. The van der Waals surface area contributed by atoms with Crippen molar-refractivity contribution in [1.82, 2.24) is 19.1 Å². The zero-order chi connectivity index (χ0) is 52.4. The van der Waals surface area contributed by atoms with Crippen LogP contribution in [0.3, 0.4) is 0 Å². The largest absolute Gasteiger partial charge is 0.393 e. The molecule has 2 fully saturated rings. The van der Waals surface area contributed by atoms with Gasteiger partial charge in [0.2, 0.25) is 0 Å². The number of hydrogen-bond donors (Lipinski definition) is 1. The molecular weight excluding hydrogens is 955 g/mol. The van der Waals surface area contributed by atoms with E-state index in [1.54, 1.807) is 24.3 Å². The first-order valence-corrected chi connectivity index (χ1v) is 27.2. The molecule has 0 bridgehead atoms. The minimum Gasteiger partial charge on any atom is -0.393 e. The van der Waals surface area contributed by atoms with E-state index in [0.717, 1.165) is 73.9 Å². The first-order chi connectivity index (χ1) is 37.9. The second-order valence-electron chi connectivity index (χ2n) is 20.6. The average molecular weight is 1020 g/mol. The van der Waals surface area contributed by atoms with E-state index in [2.05, 4.69) is 204 Å². The summed E-state index contributed by atoms with van der Waals surface area (Å²) in [4.78, 5) is 9.92. The molecule has 2 aromatic heterocycles. The van der Waals surface area contributed by atoms with Crippen molar-refractivity contribution in [2.75, 3.05) is 0 Å². The highest BCUT2D eigenvalue weighted by Crippen LogP contribution is 2.45. The Morgan fingerprint density at radius 1 is 0.390 bits per heavy atom. The number of ether oxygens (including phenoxy) is 1. The number of imidazole rings is 2. The number of aromatic nitrogens is 4. The number of rotatable bonds is 14. The summed E-state index contributed by atoms with van der Waals surface area (Å²) in [5, 5.41) is 9.93. The van der Waals surface area contributed by atoms with Crippen LogP contribution in [0.2, 0.25) is 0 Å². The normalized spacial score (nSPS) is 17.8. The van der Waals surface area contributed by atoms with E-state index in [1.807, 2.05) is 12.7 Å². The second-order valence-corrected chi connectivity index (χ2v) is 20.6. The van der Waals surface area contributed by atoms with Gasteiger partial charge in [-0.05, 0) is 120 Å². The van der Waals surface area contributed by atoms with E-state index in [-0.39, 0.29) is 23.8 Å². The van der Waals surface area contributed by atoms with E-state index in [4.69, 9.17) is 14.7 Å². The number of halogens is 2. The van der Waals surface area contributed by atoms with Crippen molar-refractivity contribution < 1.29 is 18.6 Å². The SMILES string of the molecule is Fc1ccc(C(OC2CCC(c3cn(C(c4ccccc4)(c4ccccc4)c4ccccc4)cn3)CC2)c2ccc(F)cc2)cc1.OC1CCC(c2cn(C(c3ccccc3)(c3ccccc3)c3ccccc3)cn2)CC1. The van der Waals surface area contributed by atoms with Crippen molar-refractivity contribution in [2.24, 2.45) is 0 Å². The molecule has 0 unspecified atom stereocenters. The molecule has 12 rings (SSSR count). The van der Waals surface area contributed by atoms with E-state index in [0.29, 0.717) is 11.8 Å². The predicted octanol–water partition coefficient (Wildman–Crippen LogP) is 15.6. The Morgan fingerprint density at radius 3 is 0.974 bits per heavy atom. The van der Waals surface area contributed by atoms with E-state index in [1.165, 1.54) is 57.6 Å². The molecule has 386 valence electrons. The monoisotopic (exact) mass is 1020 g/mol. The molecule has 6 nitrogen and oxygen atoms in total. The quantitative estimate of drug-likeness (QED) is 0.110. The maximum atomic E-state index is 13.7. The molecule has 2 aliphatic rings. The highest BCUT2D eigenvalue weighted by Gasteiger charge is 2.41. The minimum absolute atomic E-state index is 0.0236. The molecule has 0 saturated heterocycles. The highest BCUT2D eigenvalue weighted by atomic mass is 19.1. The number of benzene rings is 8. The lowest BCUT2D eigenvalue weighted by Crippen LogP contribution is -2.37. The molecule has 0 aliphatic heterocycles. The van der Waals surface area contributed by atoms with Crippen LogP contribution in [0.1, 0.15) is 125 Å². The molecule has 2 aliphatic carbocycles. The summed E-state index contributed by atoms with van der Waals surface area (Å²) >= 11 is 0. The standard InChI is InChI=1S/C41H36F2N2O.C28H28N2O/c42-36-22-16-31(17-23-36)40(32-18-24-37(43)25-19-32)46-38-26-20-30(21-27-38)39-28-45(29-44-39)41(33-10-4-1-5-11-33,34-12-6-2-7-13-34)35-14-8-3-9-15-35;31-26-18-16-22(17-19-26)27-20-30(21-29-27)28(23-10-4-1-5-11-23,24-12-6-2-7-13-24)25-14-8-3-9-15-25/h1-19,22-25,28-30,38,40H,20-21,26-27H2;1-15,20-22,26,31H,16-19H2. The van der Waals surface area contributed by atoms with Gasteiger partial charge in [0.1, 0.15) is 28.8 Å². The smallest absolute Gasteiger partial charge is 0.123 e. The maximum absolute atomic E-state index is 13.7. The molecule has 0 amide bonds. The fourth-order valence-corrected chi connectivity index (χ4v) is 12.1. The molecule has 2 heterocycles. The van der Waals surface area contributed by atoms with Crippen LogP contribution in [0, 0.1) is 11.6 Å². The lowest BCUT2D eigenvalue weighted by Gasteiger charge is -2.37. The minimum atomic E-state index is -0.590. The topological polar surface area (TPSA) is 65.1 Å². The molecule has 0 atom stereocenters.